The van der Waals surface area contributed by atoms with Gasteiger partial charge in [-0.3, -0.25) is 4.79 Å². The van der Waals surface area contributed by atoms with Crippen LogP contribution in [-0.2, 0) is 29.0 Å². The maximum absolute atomic E-state index is 11.7. The van der Waals surface area contributed by atoms with Crippen LogP contribution in [0.25, 0.3) is 11.1 Å². The Morgan fingerprint density at radius 3 is 2.38 bits per heavy atom. The number of benzene rings is 3. The fraction of sp³-hybridized carbons (Fsp3) is 0.240. The van der Waals surface area contributed by atoms with Crippen molar-refractivity contribution in [1.82, 2.24) is 5.32 Å². The lowest BCUT2D eigenvalue weighted by Gasteiger charge is -2.16. The Labute approximate surface area is 172 Å². The number of carbonyl (C=O) groups is 1. The summed E-state index contributed by atoms with van der Waals surface area (Å²) < 4.78 is 10.4. The molecule has 0 atom stereocenters. The van der Waals surface area contributed by atoms with Gasteiger partial charge in [0.2, 0.25) is 0 Å². The van der Waals surface area contributed by atoms with Crippen LogP contribution in [0.1, 0.15) is 22.3 Å². The molecule has 150 valence electrons. The molecule has 0 heterocycles. The van der Waals surface area contributed by atoms with Crippen molar-refractivity contribution in [1.29, 1.82) is 0 Å². The zero-order valence-electron chi connectivity index (χ0n) is 17.2. The number of carbonyl (C=O) groups excluding carboxylic acids is 1. The molecule has 0 aromatic heterocycles. The second kappa shape index (κ2) is 9.89. The third-order valence-electron chi connectivity index (χ3n) is 4.88. The number of hydrogen-bond donors (Lipinski definition) is 1. The molecule has 1 N–H and O–H groups in total. The van der Waals surface area contributed by atoms with E-state index in [-0.39, 0.29) is 12.4 Å². The molecule has 3 aromatic rings. The third kappa shape index (κ3) is 5.46. The number of hydrogen-bond acceptors (Lipinski definition) is 4. The average molecular weight is 389 g/mol. The van der Waals surface area contributed by atoms with Crippen LogP contribution in [0.5, 0.6) is 5.75 Å². The number of rotatable bonds is 8. The molecule has 0 saturated heterocycles. The van der Waals surface area contributed by atoms with Crippen molar-refractivity contribution in [2.45, 2.75) is 26.4 Å². The van der Waals surface area contributed by atoms with Gasteiger partial charge in [-0.2, -0.15) is 0 Å². The Bertz CT molecular complexity index is 967. The molecule has 0 amide bonds. The molecule has 29 heavy (non-hydrogen) atoms. The van der Waals surface area contributed by atoms with Gasteiger partial charge in [0.1, 0.15) is 5.75 Å². The van der Waals surface area contributed by atoms with Gasteiger partial charge >= 0.3 is 5.97 Å². The topological polar surface area (TPSA) is 47.6 Å². The largest absolute Gasteiger partial charge is 0.496 e. The van der Waals surface area contributed by atoms with E-state index in [9.17, 15) is 4.79 Å². The highest BCUT2D eigenvalue weighted by Crippen LogP contribution is 2.34. The molecule has 0 aliphatic carbocycles. The van der Waals surface area contributed by atoms with Crippen LogP contribution >= 0.6 is 0 Å². The first-order chi connectivity index (χ1) is 14.1. The summed E-state index contributed by atoms with van der Waals surface area (Å²) in [5.41, 5.74) is 6.62. The number of methoxy groups -OCH3 is 2. The lowest BCUT2D eigenvalue weighted by atomic mass is 9.95. The van der Waals surface area contributed by atoms with E-state index in [2.05, 4.69) is 42.6 Å². The zero-order valence-corrected chi connectivity index (χ0v) is 17.2. The fourth-order valence-electron chi connectivity index (χ4n) is 3.38. The van der Waals surface area contributed by atoms with Crippen molar-refractivity contribution in [2.75, 3.05) is 14.2 Å². The fourth-order valence-corrected chi connectivity index (χ4v) is 3.38. The van der Waals surface area contributed by atoms with Gasteiger partial charge in [-0.15, -0.1) is 0 Å². The van der Waals surface area contributed by atoms with Crippen LogP contribution in [0.2, 0.25) is 0 Å². The van der Waals surface area contributed by atoms with E-state index >= 15 is 0 Å². The average Bonchev–Trinajstić information content (AvgIpc) is 2.74. The molecule has 4 nitrogen and oxygen atoms in total. The highest BCUT2D eigenvalue weighted by Gasteiger charge is 2.13. The van der Waals surface area contributed by atoms with Crippen molar-refractivity contribution in [3.8, 4) is 16.9 Å². The van der Waals surface area contributed by atoms with Crippen LogP contribution in [0.15, 0.2) is 66.7 Å². The van der Waals surface area contributed by atoms with E-state index < -0.39 is 0 Å². The standard InChI is InChI=1S/C25H27NO3/c1-18-9-11-22(21(13-18)17-26-16-19-7-5-4-6-8-19)23-14-20(15-25(27)29-3)10-12-24(23)28-2/h4-14,26H,15-17H2,1-3H3. The molecule has 4 heteroatoms. The predicted octanol–water partition coefficient (Wildman–Crippen LogP) is 4.68. The van der Waals surface area contributed by atoms with Gasteiger partial charge in [0.05, 0.1) is 20.6 Å². The molecule has 0 spiro atoms. The highest BCUT2D eigenvalue weighted by molar-refractivity contribution is 5.77. The summed E-state index contributed by atoms with van der Waals surface area (Å²) in [6, 6.07) is 22.6. The van der Waals surface area contributed by atoms with Gasteiger partial charge in [-0.25, -0.2) is 0 Å². The smallest absolute Gasteiger partial charge is 0.309 e. The van der Waals surface area contributed by atoms with E-state index in [4.69, 9.17) is 9.47 Å². The highest BCUT2D eigenvalue weighted by atomic mass is 16.5. The van der Waals surface area contributed by atoms with Crippen LogP contribution in [-0.4, -0.2) is 20.2 Å². The Hall–Kier alpha value is -3.11. The minimum absolute atomic E-state index is 0.237. The third-order valence-corrected chi connectivity index (χ3v) is 4.88. The summed E-state index contributed by atoms with van der Waals surface area (Å²) in [4.78, 5) is 11.7. The van der Waals surface area contributed by atoms with E-state index in [1.54, 1.807) is 7.11 Å². The van der Waals surface area contributed by atoms with Crippen LogP contribution < -0.4 is 10.1 Å². The Balaban J connectivity index is 1.89. The summed E-state index contributed by atoms with van der Waals surface area (Å²) in [6.07, 6.45) is 0.237. The van der Waals surface area contributed by atoms with Crippen molar-refractivity contribution >= 4 is 5.97 Å². The molecular formula is C25H27NO3. The monoisotopic (exact) mass is 389 g/mol. The quantitative estimate of drug-likeness (QED) is 0.569. The molecule has 3 rings (SSSR count). The zero-order chi connectivity index (χ0) is 20.6. The van der Waals surface area contributed by atoms with E-state index in [1.807, 2.05) is 36.4 Å². The normalized spacial score (nSPS) is 10.6. The molecule has 3 aromatic carbocycles. The van der Waals surface area contributed by atoms with Crippen molar-refractivity contribution in [2.24, 2.45) is 0 Å². The lowest BCUT2D eigenvalue weighted by molar-refractivity contribution is -0.139. The van der Waals surface area contributed by atoms with Crippen molar-refractivity contribution in [3.63, 3.8) is 0 Å². The van der Waals surface area contributed by atoms with E-state index in [0.29, 0.717) is 0 Å². The van der Waals surface area contributed by atoms with Crippen molar-refractivity contribution < 1.29 is 14.3 Å². The van der Waals surface area contributed by atoms with Gasteiger partial charge in [0.25, 0.3) is 0 Å². The molecular weight excluding hydrogens is 362 g/mol. The number of ether oxygens (including phenoxy) is 2. The summed E-state index contributed by atoms with van der Waals surface area (Å²) >= 11 is 0. The minimum atomic E-state index is -0.255. The van der Waals surface area contributed by atoms with Crippen molar-refractivity contribution in [3.05, 3.63) is 89.0 Å². The molecule has 0 aliphatic rings. The van der Waals surface area contributed by atoms with Gasteiger partial charge in [-0.05, 0) is 41.3 Å². The maximum Gasteiger partial charge on any atom is 0.309 e. The molecule has 0 saturated carbocycles. The lowest BCUT2D eigenvalue weighted by Crippen LogP contribution is -2.13. The summed E-state index contributed by atoms with van der Waals surface area (Å²) in [5.74, 6) is 0.529. The summed E-state index contributed by atoms with van der Waals surface area (Å²) in [5, 5.41) is 3.53. The predicted molar refractivity (Wildman–Crippen MR) is 116 cm³/mol. The molecule has 0 radical (unpaired) electrons. The first-order valence-electron chi connectivity index (χ1n) is 9.69. The van der Waals surface area contributed by atoms with Gasteiger partial charge < -0.3 is 14.8 Å². The number of nitrogens with one attached hydrogen (secondary N) is 1. The Morgan fingerprint density at radius 1 is 0.862 bits per heavy atom. The maximum atomic E-state index is 11.7. The number of esters is 1. The van der Waals surface area contributed by atoms with Crippen LogP contribution in [0.4, 0.5) is 0 Å². The summed E-state index contributed by atoms with van der Waals surface area (Å²) in [6.45, 7) is 3.62. The first-order valence-corrected chi connectivity index (χ1v) is 9.69. The van der Waals surface area contributed by atoms with Gasteiger partial charge in [-0.1, -0.05) is 60.2 Å². The minimum Gasteiger partial charge on any atom is -0.496 e. The Kier molecular flexibility index (Phi) is 7.04. The Morgan fingerprint density at radius 2 is 1.66 bits per heavy atom. The first kappa shape index (κ1) is 20.6. The molecule has 0 aliphatic heterocycles. The second-order valence-corrected chi connectivity index (χ2v) is 7.04. The van der Waals surface area contributed by atoms with Gasteiger partial charge in [0.15, 0.2) is 0 Å². The summed E-state index contributed by atoms with van der Waals surface area (Å²) in [7, 11) is 3.07. The van der Waals surface area contributed by atoms with Gasteiger partial charge in [0, 0.05) is 18.7 Å². The molecule has 0 unspecified atom stereocenters. The number of aryl methyl sites for hydroxylation is 1. The van der Waals surface area contributed by atoms with E-state index in [1.165, 1.54) is 23.8 Å². The van der Waals surface area contributed by atoms with E-state index in [0.717, 1.165) is 35.5 Å². The molecule has 0 bridgehead atoms. The SMILES string of the molecule is COC(=O)Cc1ccc(OC)c(-c2ccc(C)cc2CNCc2ccccc2)c1. The second-order valence-electron chi connectivity index (χ2n) is 7.04. The van der Waals surface area contributed by atoms with Crippen LogP contribution in [0.3, 0.4) is 0 Å². The van der Waals surface area contributed by atoms with Crippen LogP contribution in [0, 0.1) is 6.92 Å². The molecule has 0 fully saturated rings.